The first kappa shape index (κ1) is 48.3. The third kappa shape index (κ3) is 52.7. The summed E-state index contributed by atoms with van der Waals surface area (Å²) in [4.78, 5) is 20.5. The summed E-state index contributed by atoms with van der Waals surface area (Å²) >= 11 is 0. The summed E-state index contributed by atoms with van der Waals surface area (Å²) in [6.07, 6.45) is 49.0. The Morgan fingerprint density at radius 2 is 0.533 bits per heavy atom. The van der Waals surface area contributed by atoms with Crippen molar-refractivity contribution in [2.24, 2.45) is 0 Å². The van der Waals surface area contributed by atoms with Crippen LogP contribution in [0.2, 0.25) is 0 Å². The first-order chi connectivity index (χ1) is 21.5. The van der Waals surface area contributed by atoms with E-state index in [0.29, 0.717) is 0 Å². The summed E-state index contributed by atoms with van der Waals surface area (Å²) in [7, 11) is 0. The second kappa shape index (κ2) is 45.1. The maximum atomic E-state index is 10.3. The zero-order valence-electron chi connectivity index (χ0n) is 30.0. The number of carboxylic acid groups (broad SMARTS) is 2. The fraction of sp³-hybridized carbons (Fsp3) is 0.850. The van der Waals surface area contributed by atoms with E-state index >= 15 is 0 Å². The monoisotopic (exact) mass is 677 g/mol. The summed E-state index contributed by atoms with van der Waals surface area (Å²) in [5.41, 5.74) is 0. The van der Waals surface area contributed by atoms with E-state index in [1.165, 1.54) is 192 Å². The van der Waals surface area contributed by atoms with Gasteiger partial charge in [-0.1, -0.05) is 206 Å². The van der Waals surface area contributed by atoms with Gasteiger partial charge in [0.1, 0.15) is 0 Å². The largest absolute Gasteiger partial charge is 0.478 e. The molecule has 0 heterocycles. The molecule has 0 aromatic carbocycles. The van der Waals surface area contributed by atoms with E-state index in [1.54, 1.807) is 12.2 Å². The Labute approximate surface area is 291 Å². The minimum absolute atomic E-state index is 0. The van der Waals surface area contributed by atoms with Gasteiger partial charge in [0.05, 0.1) is 0 Å². The molecule has 4 nitrogen and oxygen atoms in total. The molecule has 0 radical (unpaired) electrons. The number of hydrogen-bond donors (Lipinski definition) is 2. The van der Waals surface area contributed by atoms with E-state index in [4.69, 9.17) is 10.2 Å². The molecule has 0 aromatic heterocycles. The molecule has 0 aliphatic carbocycles. The number of rotatable bonds is 34. The van der Waals surface area contributed by atoms with Crippen molar-refractivity contribution >= 4 is 11.9 Å². The molecule has 0 rings (SSSR count). The Bertz CT molecular complexity index is 578. The minimum atomic E-state index is -0.832. The molecule has 0 saturated heterocycles. The standard InChI is InChI=1S/2C20H38O2.Fe/c2*1-2-3-4-5-6-7-8-9-10-11-12-13-14-15-16-17-18-19-20(21)22;/h2*18-19H,2-17H2,1H3,(H,21,22);. The van der Waals surface area contributed by atoms with Crippen molar-refractivity contribution in [1.29, 1.82) is 0 Å². The Hall–Kier alpha value is -1.06. The second-order valence-electron chi connectivity index (χ2n) is 13.0. The summed E-state index contributed by atoms with van der Waals surface area (Å²) in [6.45, 7) is 4.55. The predicted molar refractivity (Wildman–Crippen MR) is 193 cm³/mol. The van der Waals surface area contributed by atoms with Crippen molar-refractivity contribution < 1.29 is 36.9 Å². The van der Waals surface area contributed by atoms with Crippen molar-refractivity contribution in [2.75, 3.05) is 0 Å². The van der Waals surface area contributed by atoms with E-state index in [0.717, 1.165) is 25.7 Å². The molecule has 0 amide bonds. The minimum Gasteiger partial charge on any atom is -0.478 e. The van der Waals surface area contributed by atoms with Gasteiger partial charge >= 0.3 is 11.9 Å². The number of hydrogen-bond acceptors (Lipinski definition) is 2. The molecule has 45 heavy (non-hydrogen) atoms. The smallest absolute Gasteiger partial charge is 0.327 e. The van der Waals surface area contributed by atoms with Gasteiger partial charge in [0.25, 0.3) is 0 Å². The average molecular weight is 677 g/mol. The van der Waals surface area contributed by atoms with E-state index < -0.39 is 11.9 Å². The Kier molecular flexibility index (Phi) is 48.4. The van der Waals surface area contributed by atoms with Crippen LogP contribution in [0, 0.1) is 0 Å². The summed E-state index contributed by atoms with van der Waals surface area (Å²) in [6, 6.07) is 0. The number of aliphatic carboxylic acids is 2. The summed E-state index contributed by atoms with van der Waals surface area (Å²) in [5, 5.41) is 16.9. The zero-order valence-corrected chi connectivity index (χ0v) is 31.1. The number of carbonyl (C=O) groups is 2. The third-order valence-electron chi connectivity index (χ3n) is 8.47. The van der Waals surface area contributed by atoms with Gasteiger partial charge in [-0.2, -0.15) is 0 Å². The van der Waals surface area contributed by atoms with Crippen LogP contribution in [-0.4, -0.2) is 22.2 Å². The van der Waals surface area contributed by atoms with Gasteiger partial charge in [-0.25, -0.2) is 9.59 Å². The van der Waals surface area contributed by atoms with Crippen LogP contribution in [0.15, 0.2) is 24.3 Å². The molecule has 268 valence electrons. The molecule has 0 spiro atoms. The molecule has 0 saturated carbocycles. The van der Waals surface area contributed by atoms with Crippen LogP contribution < -0.4 is 0 Å². The van der Waals surface area contributed by atoms with Crippen LogP contribution >= 0.6 is 0 Å². The van der Waals surface area contributed by atoms with Gasteiger partial charge in [-0.3, -0.25) is 0 Å². The molecule has 0 atom stereocenters. The topological polar surface area (TPSA) is 74.6 Å². The Morgan fingerprint density at radius 3 is 0.711 bits per heavy atom. The molecule has 0 bridgehead atoms. The van der Waals surface area contributed by atoms with Crippen molar-refractivity contribution in [3.63, 3.8) is 0 Å². The van der Waals surface area contributed by atoms with Gasteiger partial charge in [-0.15, -0.1) is 0 Å². The predicted octanol–water partition coefficient (Wildman–Crippen LogP) is 13.8. The van der Waals surface area contributed by atoms with Gasteiger partial charge in [0.15, 0.2) is 0 Å². The van der Waals surface area contributed by atoms with Gasteiger partial charge in [-0.05, 0) is 25.7 Å². The molecule has 0 unspecified atom stereocenters. The SMILES string of the molecule is CCCCCCCCCCCCCCCCCC=CC(=O)O.CCCCCCCCCCCCCCCCCC=CC(=O)O.[Fe]. The van der Waals surface area contributed by atoms with Gasteiger partial charge in [0.2, 0.25) is 0 Å². The normalized spacial score (nSPS) is 11.1. The molecule has 5 heteroatoms. The maximum Gasteiger partial charge on any atom is 0.327 e. The quantitative estimate of drug-likeness (QED) is 0.0404. The number of allylic oxidation sites excluding steroid dienone is 2. The van der Waals surface area contributed by atoms with Crippen LogP contribution in [-0.2, 0) is 26.7 Å². The fourth-order valence-electron chi connectivity index (χ4n) is 5.64. The molecule has 0 fully saturated rings. The van der Waals surface area contributed by atoms with E-state index in [9.17, 15) is 9.59 Å². The fourth-order valence-corrected chi connectivity index (χ4v) is 5.64. The van der Waals surface area contributed by atoms with Crippen LogP contribution in [0.3, 0.4) is 0 Å². The molecule has 0 aliphatic heterocycles. The molecular formula is C40H76FeO4. The van der Waals surface area contributed by atoms with Crippen LogP contribution in [0.5, 0.6) is 0 Å². The molecule has 0 aliphatic rings. The van der Waals surface area contributed by atoms with Crippen LogP contribution in [0.4, 0.5) is 0 Å². The molecule has 0 aromatic rings. The third-order valence-corrected chi connectivity index (χ3v) is 8.47. The second-order valence-corrected chi connectivity index (χ2v) is 13.0. The van der Waals surface area contributed by atoms with Crippen molar-refractivity contribution in [3.05, 3.63) is 24.3 Å². The van der Waals surface area contributed by atoms with Crippen molar-refractivity contribution in [1.82, 2.24) is 0 Å². The maximum absolute atomic E-state index is 10.3. The molecule has 2 N–H and O–H groups in total. The summed E-state index contributed by atoms with van der Waals surface area (Å²) < 4.78 is 0. The summed E-state index contributed by atoms with van der Waals surface area (Å²) in [5.74, 6) is -1.66. The van der Waals surface area contributed by atoms with E-state index in [-0.39, 0.29) is 17.1 Å². The van der Waals surface area contributed by atoms with Gasteiger partial charge < -0.3 is 10.2 Å². The Morgan fingerprint density at radius 1 is 0.356 bits per heavy atom. The number of carboxylic acids is 2. The van der Waals surface area contributed by atoms with Crippen LogP contribution in [0.25, 0.3) is 0 Å². The van der Waals surface area contributed by atoms with Crippen molar-refractivity contribution in [3.8, 4) is 0 Å². The average Bonchev–Trinajstić information content (AvgIpc) is 3.00. The van der Waals surface area contributed by atoms with Crippen LogP contribution in [0.1, 0.15) is 219 Å². The number of unbranched alkanes of at least 4 members (excludes halogenated alkanes) is 30. The molecular weight excluding hydrogens is 600 g/mol. The van der Waals surface area contributed by atoms with E-state index in [2.05, 4.69) is 13.8 Å². The first-order valence-corrected chi connectivity index (χ1v) is 19.3. The zero-order chi connectivity index (χ0) is 32.6. The Balaban J connectivity index is -0.000000767. The first-order valence-electron chi connectivity index (χ1n) is 19.3. The van der Waals surface area contributed by atoms with E-state index in [1.807, 2.05) is 0 Å². The van der Waals surface area contributed by atoms with Crippen molar-refractivity contribution in [2.45, 2.75) is 219 Å². The van der Waals surface area contributed by atoms with Gasteiger partial charge in [0, 0.05) is 29.2 Å².